The van der Waals surface area contributed by atoms with Crippen LogP contribution in [0.1, 0.15) is 34.1 Å². The Morgan fingerprint density at radius 1 is 0.963 bits per heavy atom. The molecule has 0 saturated heterocycles. The SMILES string of the molecule is CC(=O)c1cccc(OCC(=O)NCCCNC(=O)c2cccc(F)c2)c1. The molecule has 2 amide bonds. The number of halogens is 1. The van der Waals surface area contributed by atoms with Gasteiger partial charge in [-0.05, 0) is 43.7 Å². The van der Waals surface area contributed by atoms with Crippen molar-refractivity contribution in [1.82, 2.24) is 10.6 Å². The van der Waals surface area contributed by atoms with Gasteiger partial charge >= 0.3 is 0 Å². The first kappa shape index (κ1) is 20.1. The molecule has 0 aliphatic rings. The summed E-state index contributed by atoms with van der Waals surface area (Å²) in [7, 11) is 0. The third-order valence-electron chi connectivity index (χ3n) is 3.66. The predicted molar refractivity (Wildman–Crippen MR) is 98.3 cm³/mol. The standard InChI is InChI=1S/C20H21FN2O4/c1-14(24)15-5-3-8-18(12-15)27-13-19(25)22-9-4-10-23-20(26)16-6-2-7-17(21)11-16/h2-3,5-8,11-12H,4,9-10,13H2,1H3,(H,22,25)(H,23,26). The number of carbonyl (C=O) groups is 3. The van der Waals surface area contributed by atoms with Crippen LogP contribution in [0.5, 0.6) is 5.75 Å². The summed E-state index contributed by atoms with van der Waals surface area (Å²) < 4.78 is 18.4. The minimum Gasteiger partial charge on any atom is -0.484 e. The summed E-state index contributed by atoms with van der Waals surface area (Å²) in [6.45, 7) is 1.99. The van der Waals surface area contributed by atoms with Gasteiger partial charge in [0.05, 0.1) is 0 Å². The van der Waals surface area contributed by atoms with Gasteiger partial charge in [0.1, 0.15) is 11.6 Å². The third-order valence-corrected chi connectivity index (χ3v) is 3.66. The fourth-order valence-corrected chi connectivity index (χ4v) is 2.25. The van der Waals surface area contributed by atoms with Crippen LogP contribution in [0.4, 0.5) is 4.39 Å². The van der Waals surface area contributed by atoms with E-state index in [1.54, 1.807) is 24.3 Å². The molecule has 2 aromatic rings. The summed E-state index contributed by atoms with van der Waals surface area (Å²) in [5.74, 6) is -0.775. The Bertz CT molecular complexity index is 823. The summed E-state index contributed by atoms with van der Waals surface area (Å²) >= 11 is 0. The minimum absolute atomic E-state index is 0.0785. The number of amides is 2. The highest BCUT2D eigenvalue weighted by atomic mass is 19.1. The molecule has 0 saturated carbocycles. The quantitative estimate of drug-likeness (QED) is 0.523. The van der Waals surface area contributed by atoms with E-state index in [2.05, 4.69) is 10.6 Å². The van der Waals surface area contributed by atoms with Gasteiger partial charge in [-0.1, -0.05) is 18.2 Å². The number of rotatable bonds is 9. The Kier molecular flexibility index (Phi) is 7.49. The molecule has 0 fully saturated rings. The molecule has 6 nitrogen and oxygen atoms in total. The lowest BCUT2D eigenvalue weighted by Gasteiger charge is -2.09. The number of hydrogen-bond acceptors (Lipinski definition) is 4. The molecule has 2 aromatic carbocycles. The van der Waals surface area contributed by atoms with Crippen molar-refractivity contribution >= 4 is 17.6 Å². The Hall–Kier alpha value is -3.22. The van der Waals surface area contributed by atoms with Gasteiger partial charge in [0, 0.05) is 24.2 Å². The highest BCUT2D eigenvalue weighted by Crippen LogP contribution is 2.13. The lowest BCUT2D eigenvalue weighted by Crippen LogP contribution is -2.32. The van der Waals surface area contributed by atoms with Crippen LogP contribution in [-0.4, -0.2) is 37.3 Å². The first-order valence-corrected chi connectivity index (χ1v) is 8.50. The van der Waals surface area contributed by atoms with Crippen LogP contribution in [0.15, 0.2) is 48.5 Å². The normalized spacial score (nSPS) is 10.1. The molecule has 0 aliphatic heterocycles. The highest BCUT2D eigenvalue weighted by molar-refractivity contribution is 5.94. The van der Waals surface area contributed by atoms with Crippen LogP contribution >= 0.6 is 0 Å². The number of ether oxygens (including phenoxy) is 1. The maximum absolute atomic E-state index is 13.1. The van der Waals surface area contributed by atoms with E-state index < -0.39 is 5.82 Å². The summed E-state index contributed by atoms with van der Waals surface area (Å²) in [5, 5.41) is 5.33. The van der Waals surface area contributed by atoms with Crippen molar-refractivity contribution in [3.05, 3.63) is 65.5 Å². The second-order valence-electron chi connectivity index (χ2n) is 5.84. The number of nitrogens with one attached hydrogen (secondary N) is 2. The predicted octanol–water partition coefficient (Wildman–Crippen LogP) is 2.34. The molecule has 0 heterocycles. The monoisotopic (exact) mass is 372 g/mol. The van der Waals surface area contributed by atoms with Gasteiger partial charge in [-0.25, -0.2) is 4.39 Å². The maximum Gasteiger partial charge on any atom is 0.257 e. The number of carbonyl (C=O) groups excluding carboxylic acids is 3. The van der Waals surface area contributed by atoms with E-state index >= 15 is 0 Å². The molecule has 0 bridgehead atoms. The molecule has 2 N–H and O–H groups in total. The van der Waals surface area contributed by atoms with Gasteiger partial charge in [0.2, 0.25) is 0 Å². The second-order valence-corrected chi connectivity index (χ2v) is 5.84. The molecule has 0 radical (unpaired) electrons. The third kappa shape index (κ3) is 6.89. The lowest BCUT2D eigenvalue weighted by atomic mass is 10.1. The van der Waals surface area contributed by atoms with Crippen LogP contribution in [0.2, 0.25) is 0 Å². The molecule has 27 heavy (non-hydrogen) atoms. The Morgan fingerprint density at radius 2 is 1.67 bits per heavy atom. The van der Waals surface area contributed by atoms with Crippen LogP contribution < -0.4 is 15.4 Å². The van der Waals surface area contributed by atoms with E-state index in [9.17, 15) is 18.8 Å². The van der Waals surface area contributed by atoms with Crippen LogP contribution in [0, 0.1) is 5.82 Å². The van der Waals surface area contributed by atoms with Crippen LogP contribution in [-0.2, 0) is 4.79 Å². The molecule has 142 valence electrons. The Morgan fingerprint density at radius 3 is 2.41 bits per heavy atom. The van der Waals surface area contributed by atoms with E-state index in [1.165, 1.54) is 25.1 Å². The minimum atomic E-state index is -0.469. The summed E-state index contributed by atoms with van der Waals surface area (Å²) in [6.07, 6.45) is 0.520. The van der Waals surface area contributed by atoms with Crippen LogP contribution in [0.25, 0.3) is 0 Å². The number of benzene rings is 2. The maximum atomic E-state index is 13.1. The summed E-state index contributed by atoms with van der Waals surface area (Å²) in [4.78, 5) is 34.9. The topological polar surface area (TPSA) is 84.5 Å². The first-order valence-electron chi connectivity index (χ1n) is 8.50. The molecule has 0 unspecified atom stereocenters. The molecule has 0 atom stereocenters. The average molecular weight is 372 g/mol. The van der Waals surface area contributed by atoms with E-state index in [-0.39, 0.29) is 29.8 Å². The number of hydrogen-bond donors (Lipinski definition) is 2. The van der Waals surface area contributed by atoms with E-state index in [0.717, 1.165) is 6.07 Å². The van der Waals surface area contributed by atoms with Crippen molar-refractivity contribution < 1.29 is 23.5 Å². The Labute approximate surface area is 156 Å². The van der Waals surface area contributed by atoms with E-state index in [0.29, 0.717) is 30.8 Å². The van der Waals surface area contributed by atoms with Gasteiger partial charge in [-0.2, -0.15) is 0 Å². The molecule has 0 aromatic heterocycles. The molecule has 0 spiro atoms. The molecular weight excluding hydrogens is 351 g/mol. The van der Waals surface area contributed by atoms with Crippen molar-refractivity contribution in [3.8, 4) is 5.75 Å². The van der Waals surface area contributed by atoms with Gasteiger partial charge in [0.25, 0.3) is 11.8 Å². The zero-order valence-corrected chi connectivity index (χ0v) is 15.0. The zero-order chi connectivity index (χ0) is 19.6. The van der Waals surface area contributed by atoms with Crippen molar-refractivity contribution in [2.75, 3.05) is 19.7 Å². The average Bonchev–Trinajstić information content (AvgIpc) is 2.66. The molecule has 7 heteroatoms. The molecule has 2 rings (SSSR count). The zero-order valence-electron chi connectivity index (χ0n) is 15.0. The Balaban J connectivity index is 1.63. The molecular formula is C20H21FN2O4. The largest absolute Gasteiger partial charge is 0.484 e. The van der Waals surface area contributed by atoms with Gasteiger partial charge < -0.3 is 15.4 Å². The van der Waals surface area contributed by atoms with Crippen molar-refractivity contribution in [2.45, 2.75) is 13.3 Å². The lowest BCUT2D eigenvalue weighted by molar-refractivity contribution is -0.123. The van der Waals surface area contributed by atoms with Gasteiger partial charge in [-0.15, -0.1) is 0 Å². The first-order chi connectivity index (χ1) is 13.0. The smallest absolute Gasteiger partial charge is 0.257 e. The van der Waals surface area contributed by atoms with E-state index in [1.807, 2.05) is 0 Å². The van der Waals surface area contributed by atoms with Crippen molar-refractivity contribution in [2.24, 2.45) is 0 Å². The second kappa shape index (κ2) is 10.1. The van der Waals surface area contributed by atoms with Gasteiger partial charge in [-0.3, -0.25) is 14.4 Å². The van der Waals surface area contributed by atoms with Crippen LogP contribution in [0.3, 0.4) is 0 Å². The van der Waals surface area contributed by atoms with Gasteiger partial charge in [0.15, 0.2) is 12.4 Å². The van der Waals surface area contributed by atoms with Crippen molar-refractivity contribution in [3.63, 3.8) is 0 Å². The fraction of sp³-hybridized carbons (Fsp3) is 0.250. The number of Topliss-reactive ketones (excluding diaryl/α,β-unsaturated/α-hetero) is 1. The fourth-order valence-electron chi connectivity index (χ4n) is 2.25. The highest BCUT2D eigenvalue weighted by Gasteiger charge is 2.07. The molecule has 0 aliphatic carbocycles. The summed E-state index contributed by atoms with van der Waals surface area (Å²) in [6, 6.07) is 12.0. The number of ketones is 1. The van der Waals surface area contributed by atoms with E-state index in [4.69, 9.17) is 4.74 Å². The summed E-state index contributed by atoms with van der Waals surface area (Å²) in [5.41, 5.74) is 0.766. The van der Waals surface area contributed by atoms with Crippen molar-refractivity contribution in [1.29, 1.82) is 0 Å².